The smallest absolute Gasteiger partial charge is 0.327 e. The molecule has 5 heteroatoms. The first-order valence-corrected chi connectivity index (χ1v) is 5.73. The van der Waals surface area contributed by atoms with Gasteiger partial charge in [-0.1, -0.05) is 13.8 Å². The number of carbonyl (C=O) groups is 2. The number of amides is 1. The highest BCUT2D eigenvalue weighted by Gasteiger charge is 2.20. The number of nitrogens with one attached hydrogen (secondary N) is 1. The lowest BCUT2D eigenvalue weighted by Crippen LogP contribution is -2.48. The fourth-order valence-electron chi connectivity index (χ4n) is 1.62. The zero-order chi connectivity index (χ0) is 12.6. The second kappa shape index (κ2) is 8.10. The summed E-state index contributed by atoms with van der Waals surface area (Å²) in [4.78, 5) is 23.9. The van der Waals surface area contributed by atoms with Crippen LogP contribution in [0.15, 0.2) is 0 Å². The third-order valence-electron chi connectivity index (χ3n) is 2.20. The van der Waals surface area contributed by atoms with Crippen LogP contribution < -0.4 is 5.32 Å². The van der Waals surface area contributed by atoms with Crippen LogP contribution in [0.25, 0.3) is 0 Å². The molecule has 0 radical (unpaired) electrons. The molecule has 94 valence electrons. The molecule has 0 heterocycles. The summed E-state index contributed by atoms with van der Waals surface area (Å²) in [5, 5.41) is 11.4. The van der Waals surface area contributed by atoms with Gasteiger partial charge in [0.15, 0.2) is 0 Å². The van der Waals surface area contributed by atoms with Crippen molar-refractivity contribution < 1.29 is 14.7 Å². The van der Waals surface area contributed by atoms with Crippen molar-refractivity contribution in [3.8, 4) is 0 Å². The van der Waals surface area contributed by atoms with E-state index >= 15 is 0 Å². The van der Waals surface area contributed by atoms with Crippen LogP contribution in [-0.4, -0.2) is 47.6 Å². The van der Waals surface area contributed by atoms with Crippen molar-refractivity contribution in [3.05, 3.63) is 0 Å². The maximum Gasteiger partial charge on any atom is 0.327 e. The number of carboxylic acids is 1. The van der Waals surface area contributed by atoms with Gasteiger partial charge in [0.25, 0.3) is 0 Å². The van der Waals surface area contributed by atoms with Crippen LogP contribution in [0.3, 0.4) is 0 Å². The summed E-state index contributed by atoms with van der Waals surface area (Å²) < 4.78 is 0. The number of nitrogens with zero attached hydrogens (tertiary/aromatic N) is 1. The molecule has 0 aliphatic rings. The van der Waals surface area contributed by atoms with Gasteiger partial charge in [0.1, 0.15) is 6.04 Å². The predicted molar refractivity (Wildman–Crippen MR) is 62.3 cm³/mol. The van der Waals surface area contributed by atoms with Crippen molar-refractivity contribution >= 4 is 11.9 Å². The van der Waals surface area contributed by atoms with E-state index in [2.05, 4.69) is 24.1 Å². The summed E-state index contributed by atoms with van der Waals surface area (Å²) in [5.74, 6) is -1.28. The minimum Gasteiger partial charge on any atom is -0.480 e. The average Bonchev–Trinajstić information content (AvgIpc) is 2.16. The molecule has 2 N–H and O–H groups in total. The first kappa shape index (κ1) is 14.9. The van der Waals surface area contributed by atoms with Crippen LogP contribution >= 0.6 is 0 Å². The number of carbonyl (C=O) groups excluding carboxylic acids is 1. The molecule has 1 unspecified atom stereocenters. The van der Waals surface area contributed by atoms with Crippen LogP contribution in [0.5, 0.6) is 0 Å². The van der Waals surface area contributed by atoms with Crippen LogP contribution in [0.4, 0.5) is 0 Å². The molecule has 16 heavy (non-hydrogen) atoms. The number of rotatable bonds is 8. The zero-order valence-electron chi connectivity index (χ0n) is 10.3. The lowest BCUT2D eigenvalue weighted by atomic mass is 10.2. The van der Waals surface area contributed by atoms with Crippen molar-refractivity contribution in [2.45, 2.75) is 39.7 Å². The summed E-state index contributed by atoms with van der Waals surface area (Å²) in [6.45, 7) is 7.53. The molecule has 0 aromatic heterocycles. The van der Waals surface area contributed by atoms with Gasteiger partial charge in [-0.15, -0.1) is 0 Å². The third-order valence-corrected chi connectivity index (χ3v) is 2.20. The molecule has 0 saturated heterocycles. The first-order chi connectivity index (χ1) is 7.51. The maximum atomic E-state index is 10.9. The van der Waals surface area contributed by atoms with Crippen LogP contribution in [0.2, 0.25) is 0 Å². The van der Waals surface area contributed by atoms with E-state index in [1.54, 1.807) is 0 Å². The van der Waals surface area contributed by atoms with Gasteiger partial charge in [-0.2, -0.15) is 0 Å². The Hall–Kier alpha value is -1.10. The fraction of sp³-hybridized carbons (Fsp3) is 0.818. The summed E-state index contributed by atoms with van der Waals surface area (Å²) in [7, 11) is 0. The van der Waals surface area contributed by atoms with Gasteiger partial charge >= 0.3 is 5.97 Å². The number of hydrogen-bond donors (Lipinski definition) is 2. The topological polar surface area (TPSA) is 69.6 Å². The Bertz CT molecular complexity index is 225. The van der Waals surface area contributed by atoms with E-state index in [-0.39, 0.29) is 5.91 Å². The van der Waals surface area contributed by atoms with Crippen LogP contribution in [0.1, 0.15) is 33.6 Å². The Morgan fingerprint density at radius 2 is 1.75 bits per heavy atom. The van der Waals surface area contributed by atoms with Gasteiger partial charge in [-0.05, 0) is 25.9 Å². The van der Waals surface area contributed by atoms with Crippen molar-refractivity contribution in [1.29, 1.82) is 0 Å². The molecule has 1 amide bonds. The van der Waals surface area contributed by atoms with Crippen molar-refractivity contribution in [1.82, 2.24) is 10.2 Å². The van der Waals surface area contributed by atoms with Crippen molar-refractivity contribution in [3.63, 3.8) is 0 Å². The molecule has 0 spiro atoms. The molecule has 0 fully saturated rings. The monoisotopic (exact) mass is 230 g/mol. The molecule has 0 rings (SSSR count). The van der Waals surface area contributed by atoms with E-state index in [0.717, 1.165) is 25.9 Å². The second-order valence-electron chi connectivity index (χ2n) is 3.89. The van der Waals surface area contributed by atoms with E-state index < -0.39 is 12.0 Å². The molecule has 5 nitrogen and oxygen atoms in total. The van der Waals surface area contributed by atoms with Crippen LogP contribution in [0, 0.1) is 0 Å². The third kappa shape index (κ3) is 6.40. The van der Waals surface area contributed by atoms with Gasteiger partial charge in [0.2, 0.25) is 5.91 Å². The molecule has 1 atom stereocenters. The summed E-state index contributed by atoms with van der Waals surface area (Å²) >= 11 is 0. The average molecular weight is 230 g/mol. The van der Waals surface area contributed by atoms with E-state index in [1.807, 2.05) is 0 Å². The fourth-order valence-corrected chi connectivity index (χ4v) is 1.62. The Kier molecular flexibility index (Phi) is 7.54. The quantitative estimate of drug-likeness (QED) is 0.644. The lowest BCUT2D eigenvalue weighted by Gasteiger charge is -2.24. The highest BCUT2D eigenvalue weighted by molar-refractivity contribution is 5.82. The van der Waals surface area contributed by atoms with Crippen molar-refractivity contribution in [2.24, 2.45) is 0 Å². The minimum atomic E-state index is -0.979. The van der Waals surface area contributed by atoms with Crippen LogP contribution in [-0.2, 0) is 9.59 Å². The Balaban J connectivity index is 4.31. The van der Waals surface area contributed by atoms with Gasteiger partial charge in [-0.25, -0.2) is 4.79 Å². The molecular weight excluding hydrogens is 208 g/mol. The molecule has 0 aliphatic heterocycles. The molecule has 0 saturated carbocycles. The molecular formula is C11H22N2O3. The Morgan fingerprint density at radius 3 is 2.06 bits per heavy atom. The molecule has 0 aliphatic carbocycles. The summed E-state index contributed by atoms with van der Waals surface area (Å²) in [6.07, 6.45) is 1.96. The SMILES string of the molecule is CCCN(CCC)CC(NC(C)=O)C(=O)O. The Labute approximate surface area is 96.8 Å². The number of carboxylic acid groups (broad SMARTS) is 1. The van der Waals surface area contributed by atoms with Gasteiger partial charge in [0, 0.05) is 13.5 Å². The normalized spacial score (nSPS) is 12.5. The zero-order valence-corrected chi connectivity index (χ0v) is 10.3. The lowest BCUT2D eigenvalue weighted by molar-refractivity contribution is -0.142. The van der Waals surface area contributed by atoms with Gasteiger partial charge in [0.05, 0.1) is 0 Å². The number of hydrogen-bond acceptors (Lipinski definition) is 3. The second-order valence-corrected chi connectivity index (χ2v) is 3.89. The Morgan fingerprint density at radius 1 is 1.25 bits per heavy atom. The van der Waals surface area contributed by atoms with E-state index in [0.29, 0.717) is 6.54 Å². The summed E-state index contributed by atoms with van der Waals surface area (Å²) in [5.41, 5.74) is 0. The molecule has 0 aromatic carbocycles. The predicted octanol–water partition coefficient (Wildman–Crippen LogP) is 0.698. The van der Waals surface area contributed by atoms with Gasteiger partial charge in [-0.3, -0.25) is 4.79 Å². The summed E-state index contributed by atoms with van der Waals surface area (Å²) in [6, 6.07) is -0.810. The van der Waals surface area contributed by atoms with E-state index in [1.165, 1.54) is 6.92 Å². The standard InChI is InChI=1S/C11H22N2O3/c1-4-6-13(7-5-2)8-10(11(15)16)12-9(3)14/h10H,4-8H2,1-3H3,(H,12,14)(H,15,16). The highest BCUT2D eigenvalue weighted by Crippen LogP contribution is 1.97. The minimum absolute atomic E-state index is 0.305. The van der Waals surface area contributed by atoms with Gasteiger partial charge < -0.3 is 15.3 Å². The van der Waals surface area contributed by atoms with E-state index in [9.17, 15) is 9.59 Å². The first-order valence-electron chi connectivity index (χ1n) is 5.73. The maximum absolute atomic E-state index is 10.9. The number of aliphatic carboxylic acids is 1. The molecule has 0 aromatic rings. The molecule has 0 bridgehead atoms. The van der Waals surface area contributed by atoms with Crippen molar-refractivity contribution in [2.75, 3.05) is 19.6 Å². The highest BCUT2D eigenvalue weighted by atomic mass is 16.4. The largest absolute Gasteiger partial charge is 0.480 e. The van der Waals surface area contributed by atoms with E-state index in [4.69, 9.17) is 5.11 Å².